The quantitative estimate of drug-likeness (QED) is 0.867. The van der Waals surface area contributed by atoms with Crippen molar-refractivity contribution in [1.29, 1.82) is 0 Å². The van der Waals surface area contributed by atoms with E-state index in [4.69, 9.17) is 0 Å². The summed E-state index contributed by atoms with van der Waals surface area (Å²) >= 11 is 0. The largest absolute Gasteiger partial charge is 0.507 e. The van der Waals surface area contributed by atoms with Gasteiger partial charge in [0.05, 0.1) is 6.04 Å². The summed E-state index contributed by atoms with van der Waals surface area (Å²) in [5.74, 6) is 0.700. The van der Waals surface area contributed by atoms with Crippen molar-refractivity contribution >= 4 is 5.78 Å². The zero-order valence-corrected chi connectivity index (χ0v) is 13.4. The Morgan fingerprint density at radius 3 is 2.35 bits per heavy atom. The van der Waals surface area contributed by atoms with Gasteiger partial charge in [0.1, 0.15) is 11.5 Å². The van der Waals surface area contributed by atoms with Crippen molar-refractivity contribution in [1.82, 2.24) is 5.32 Å². The number of phenolic OH excluding ortho intramolecular Hbond substituents is 1. The predicted octanol–water partition coefficient (Wildman–Crippen LogP) is 3.39. The third kappa shape index (κ3) is 4.07. The molecule has 0 aromatic heterocycles. The van der Waals surface area contributed by atoms with Crippen molar-refractivity contribution in [2.45, 2.75) is 59.5 Å². The van der Waals surface area contributed by atoms with Crippen molar-refractivity contribution in [2.24, 2.45) is 5.92 Å². The molecule has 0 saturated carbocycles. The van der Waals surface area contributed by atoms with Crippen molar-refractivity contribution in [2.75, 3.05) is 0 Å². The average molecular weight is 277 g/mol. The van der Waals surface area contributed by atoms with Gasteiger partial charge in [-0.25, -0.2) is 0 Å². The molecular weight excluding hydrogens is 250 g/mol. The monoisotopic (exact) mass is 277 g/mol. The maximum absolute atomic E-state index is 11.6. The van der Waals surface area contributed by atoms with Crippen LogP contribution in [0.2, 0.25) is 0 Å². The second kappa shape index (κ2) is 6.40. The highest BCUT2D eigenvalue weighted by Gasteiger charge is 2.21. The van der Waals surface area contributed by atoms with Gasteiger partial charge in [0, 0.05) is 12.1 Å². The number of rotatable bonds is 5. The first-order valence-electron chi connectivity index (χ1n) is 7.19. The molecule has 0 fully saturated rings. The first-order chi connectivity index (χ1) is 9.14. The second-order valence-corrected chi connectivity index (χ2v) is 6.78. The minimum Gasteiger partial charge on any atom is -0.507 e. The normalized spacial score (nSPS) is 13.6. The number of ketones is 1. The van der Waals surface area contributed by atoms with Crippen LogP contribution in [0.25, 0.3) is 0 Å². The van der Waals surface area contributed by atoms with Crippen LogP contribution in [0.5, 0.6) is 5.75 Å². The van der Waals surface area contributed by atoms with Gasteiger partial charge in [0.25, 0.3) is 0 Å². The first kappa shape index (κ1) is 16.7. The lowest BCUT2D eigenvalue weighted by atomic mass is 9.85. The van der Waals surface area contributed by atoms with Gasteiger partial charge in [-0.3, -0.25) is 4.79 Å². The molecule has 0 aliphatic carbocycles. The number of Topliss-reactive ketones (excluding diaryl/α,β-unsaturated/α-hetero) is 1. The van der Waals surface area contributed by atoms with E-state index in [0.717, 1.165) is 11.1 Å². The molecule has 0 amide bonds. The highest BCUT2D eigenvalue weighted by Crippen LogP contribution is 2.33. The number of aromatic hydroxyl groups is 1. The Morgan fingerprint density at radius 1 is 1.30 bits per heavy atom. The lowest BCUT2D eigenvalue weighted by Gasteiger charge is -2.23. The Bertz CT molecular complexity index is 472. The van der Waals surface area contributed by atoms with Gasteiger partial charge in [-0.1, -0.05) is 52.8 Å². The highest BCUT2D eigenvalue weighted by atomic mass is 16.3. The van der Waals surface area contributed by atoms with Crippen LogP contribution in [0, 0.1) is 5.92 Å². The van der Waals surface area contributed by atoms with E-state index in [2.05, 4.69) is 26.1 Å². The standard InChI is InChI=1S/C17H27NO2/c1-11(2)15(12(3)19)18-10-13-8-7-9-14(16(13)20)17(4,5)6/h7-9,11,15,18,20H,10H2,1-6H3/t15-/m0/s1. The third-order valence-corrected chi connectivity index (χ3v) is 3.54. The van der Waals surface area contributed by atoms with Crippen molar-refractivity contribution in [3.63, 3.8) is 0 Å². The molecule has 0 saturated heterocycles. The summed E-state index contributed by atoms with van der Waals surface area (Å²) in [6.45, 7) is 12.4. The van der Waals surface area contributed by atoms with Crippen LogP contribution < -0.4 is 5.32 Å². The summed E-state index contributed by atoms with van der Waals surface area (Å²) in [4.78, 5) is 11.6. The van der Waals surface area contributed by atoms with Gasteiger partial charge >= 0.3 is 0 Å². The Balaban J connectivity index is 2.92. The fourth-order valence-corrected chi connectivity index (χ4v) is 2.41. The second-order valence-electron chi connectivity index (χ2n) is 6.78. The van der Waals surface area contributed by atoms with Crippen molar-refractivity contribution < 1.29 is 9.90 Å². The molecule has 3 heteroatoms. The van der Waals surface area contributed by atoms with E-state index in [0.29, 0.717) is 12.3 Å². The van der Waals surface area contributed by atoms with E-state index in [1.54, 1.807) is 6.92 Å². The predicted molar refractivity (Wildman–Crippen MR) is 83.0 cm³/mol. The maximum atomic E-state index is 11.6. The molecule has 1 rings (SSSR count). The van der Waals surface area contributed by atoms with Crippen LogP contribution in [-0.4, -0.2) is 16.9 Å². The van der Waals surface area contributed by atoms with Gasteiger partial charge < -0.3 is 10.4 Å². The number of para-hydroxylation sites is 1. The number of carbonyl (C=O) groups is 1. The minimum atomic E-state index is -0.173. The van der Waals surface area contributed by atoms with Gasteiger partial charge in [0.2, 0.25) is 0 Å². The molecular formula is C17H27NO2. The van der Waals surface area contributed by atoms with E-state index in [1.807, 2.05) is 32.0 Å². The van der Waals surface area contributed by atoms with Gasteiger partial charge in [0.15, 0.2) is 0 Å². The van der Waals surface area contributed by atoms with Crippen LogP contribution in [0.4, 0.5) is 0 Å². The zero-order chi connectivity index (χ0) is 15.5. The lowest BCUT2D eigenvalue weighted by Crippen LogP contribution is -2.39. The van der Waals surface area contributed by atoms with Crippen LogP contribution in [0.3, 0.4) is 0 Å². The van der Waals surface area contributed by atoms with Gasteiger partial charge in [-0.05, 0) is 23.8 Å². The Labute approximate surface area is 122 Å². The smallest absolute Gasteiger partial charge is 0.146 e. The Morgan fingerprint density at radius 2 is 1.90 bits per heavy atom. The molecule has 0 radical (unpaired) electrons. The zero-order valence-electron chi connectivity index (χ0n) is 13.4. The molecule has 0 spiro atoms. The van der Waals surface area contributed by atoms with Crippen molar-refractivity contribution in [3.05, 3.63) is 29.3 Å². The molecule has 1 aromatic carbocycles. The number of benzene rings is 1. The summed E-state index contributed by atoms with van der Waals surface area (Å²) in [5.41, 5.74) is 1.67. The number of nitrogens with one attached hydrogen (secondary N) is 1. The van der Waals surface area contributed by atoms with E-state index < -0.39 is 0 Å². The van der Waals surface area contributed by atoms with Crippen LogP contribution >= 0.6 is 0 Å². The minimum absolute atomic E-state index is 0.0991. The first-order valence-corrected chi connectivity index (χ1v) is 7.19. The summed E-state index contributed by atoms with van der Waals surface area (Å²) in [7, 11) is 0. The lowest BCUT2D eigenvalue weighted by molar-refractivity contribution is -0.120. The Kier molecular flexibility index (Phi) is 5.35. The maximum Gasteiger partial charge on any atom is 0.146 e. The van der Waals surface area contributed by atoms with Gasteiger partial charge in [-0.15, -0.1) is 0 Å². The molecule has 0 aliphatic heterocycles. The number of phenols is 1. The van der Waals surface area contributed by atoms with Crippen LogP contribution in [0.1, 0.15) is 52.7 Å². The van der Waals surface area contributed by atoms with Crippen LogP contribution in [0.15, 0.2) is 18.2 Å². The number of hydrogen-bond donors (Lipinski definition) is 2. The van der Waals surface area contributed by atoms with E-state index in [9.17, 15) is 9.90 Å². The van der Waals surface area contributed by atoms with Crippen LogP contribution in [-0.2, 0) is 16.8 Å². The summed E-state index contributed by atoms with van der Waals surface area (Å²) in [6.07, 6.45) is 0. The number of hydrogen-bond acceptors (Lipinski definition) is 3. The van der Waals surface area contributed by atoms with E-state index >= 15 is 0 Å². The van der Waals surface area contributed by atoms with E-state index in [-0.39, 0.29) is 23.2 Å². The average Bonchev–Trinajstić information content (AvgIpc) is 2.28. The Hall–Kier alpha value is -1.35. The molecule has 1 atom stereocenters. The molecule has 0 bridgehead atoms. The molecule has 112 valence electrons. The van der Waals surface area contributed by atoms with Gasteiger partial charge in [-0.2, -0.15) is 0 Å². The SMILES string of the molecule is CC(=O)[C@@H](NCc1cccc(C(C)(C)C)c1O)C(C)C. The van der Waals surface area contributed by atoms with Crippen molar-refractivity contribution in [3.8, 4) is 5.75 Å². The summed E-state index contributed by atoms with van der Waals surface area (Å²) in [6, 6.07) is 5.63. The fourth-order valence-electron chi connectivity index (χ4n) is 2.41. The molecule has 2 N–H and O–H groups in total. The highest BCUT2D eigenvalue weighted by molar-refractivity contribution is 5.81. The van der Waals surface area contributed by atoms with E-state index in [1.165, 1.54) is 0 Å². The summed E-state index contributed by atoms with van der Waals surface area (Å²) < 4.78 is 0. The molecule has 0 unspecified atom stereocenters. The molecule has 3 nitrogen and oxygen atoms in total. The molecule has 0 heterocycles. The topological polar surface area (TPSA) is 49.3 Å². The number of carbonyl (C=O) groups excluding carboxylic acids is 1. The third-order valence-electron chi connectivity index (χ3n) is 3.54. The summed E-state index contributed by atoms with van der Waals surface area (Å²) in [5, 5.41) is 13.6. The fraction of sp³-hybridized carbons (Fsp3) is 0.588. The molecule has 0 aliphatic rings. The molecule has 1 aromatic rings. The molecule has 20 heavy (non-hydrogen) atoms.